The van der Waals surface area contributed by atoms with Crippen LogP contribution in [0.3, 0.4) is 0 Å². The second-order valence-electron chi connectivity index (χ2n) is 3.71. The number of nitrogen functional groups attached to an aromatic ring is 1. The van der Waals surface area contributed by atoms with Gasteiger partial charge in [-0.2, -0.15) is 5.10 Å². The molecular weight excluding hydrogens is 275 g/mol. The maximum atomic E-state index is 11.9. The van der Waals surface area contributed by atoms with Crippen LogP contribution in [0.5, 0.6) is 0 Å². The summed E-state index contributed by atoms with van der Waals surface area (Å²) in [6, 6.07) is 4.86. The molecule has 0 aliphatic carbocycles. The molecule has 5 nitrogen and oxygen atoms in total. The molecule has 1 aromatic heterocycles. The van der Waals surface area contributed by atoms with Crippen molar-refractivity contribution in [2.24, 2.45) is 0 Å². The summed E-state index contributed by atoms with van der Waals surface area (Å²) in [5.41, 5.74) is 6.85. The van der Waals surface area contributed by atoms with Crippen LogP contribution < -0.4 is 11.1 Å². The third kappa shape index (κ3) is 2.42. The zero-order valence-corrected chi connectivity index (χ0v) is 10.9. The van der Waals surface area contributed by atoms with E-state index in [9.17, 15) is 4.79 Å². The van der Waals surface area contributed by atoms with Crippen molar-refractivity contribution in [3.8, 4) is 0 Å². The Morgan fingerprint density at radius 2 is 2.17 bits per heavy atom. The molecule has 18 heavy (non-hydrogen) atoms. The molecule has 0 saturated carbocycles. The van der Waals surface area contributed by atoms with Crippen molar-refractivity contribution in [2.45, 2.75) is 6.92 Å². The number of nitrogens with one attached hydrogen (secondary N) is 2. The van der Waals surface area contributed by atoms with Crippen molar-refractivity contribution < 1.29 is 4.79 Å². The van der Waals surface area contributed by atoms with Gasteiger partial charge in [0.2, 0.25) is 0 Å². The molecule has 1 amide bonds. The van der Waals surface area contributed by atoms with Crippen LogP contribution in [0, 0.1) is 6.92 Å². The Kier molecular flexibility index (Phi) is 3.45. The average molecular weight is 285 g/mol. The Bertz CT molecular complexity index is 609. The number of aromatic amines is 1. The van der Waals surface area contributed by atoms with Gasteiger partial charge in [-0.3, -0.25) is 9.89 Å². The van der Waals surface area contributed by atoms with Crippen molar-refractivity contribution in [1.82, 2.24) is 10.2 Å². The van der Waals surface area contributed by atoms with Crippen molar-refractivity contribution in [3.63, 3.8) is 0 Å². The number of hydrogen-bond donors (Lipinski definition) is 3. The Morgan fingerprint density at radius 1 is 1.44 bits per heavy atom. The van der Waals surface area contributed by atoms with Crippen molar-refractivity contribution in [3.05, 3.63) is 39.5 Å². The maximum Gasteiger partial charge on any atom is 0.273 e. The van der Waals surface area contributed by atoms with E-state index in [-0.39, 0.29) is 11.5 Å². The molecule has 0 radical (unpaired) electrons. The van der Waals surface area contributed by atoms with Crippen LogP contribution in [-0.2, 0) is 0 Å². The molecule has 0 atom stereocenters. The van der Waals surface area contributed by atoms with Gasteiger partial charge in [-0.25, -0.2) is 0 Å². The zero-order valence-electron chi connectivity index (χ0n) is 9.42. The fourth-order valence-electron chi connectivity index (χ4n) is 1.41. The zero-order chi connectivity index (χ0) is 13.3. The van der Waals surface area contributed by atoms with Crippen molar-refractivity contribution in [2.75, 3.05) is 11.1 Å². The highest BCUT2D eigenvalue weighted by atomic mass is 35.5. The molecule has 2 rings (SSSR count). The molecule has 0 bridgehead atoms. The first-order valence-electron chi connectivity index (χ1n) is 5.06. The van der Waals surface area contributed by atoms with E-state index in [1.165, 1.54) is 6.07 Å². The van der Waals surface area contributed by atoms with Gasteiger partial charge in [0.15, 0.2) is 0 Å². The molecule has 2 aromatic rings. The second-order valence-corrected chi connectivity index (χ2v) is 4.50. The van der Waals surface area contributed by atoms with Crippen LogP contribution >= 0.6 is 23.2 Å². The summed E-state index contributed by atoms with van der Waals surface area (Å²) in [5.74, 6) is -0.171. The highest BCUT2D eigenvalue weighted by molar-refractivity contribution is 6.40. The molecule has 0 unspecified atom stereocenters. The molecule has 0 aliphatic rings. The molecule has 1 aromatic carbocycles. The van der Waals surface area contributed by atoms with Gasteiger partial charge in [0, 0.05) is 6.07 Å². The minimum absolute atomic E-state index is 0.237. The van der Waals surface area contributed by atoms with Gasteiger partial charge in [0.05, 0.1) is 15.7 Å². The number of anilines is 2. The Balaban J connectivity index is 2.30. The van der Waals surface area contributed by atoms with Crippen LogP contribution in [0.15, 0.2) is 18.2 Å². The van der Waals surface area contributed by atoms with Crippen LogP contribution in [0.1, 0.15) is 16.1 Å². The van der Waals surface area contributed by atoms with Gasteiger partial charge in [0.25, 0.3) is 5.91 Å². The topological polar surface area (TPSA) is 83.8 Å². The molecular formula is C11H10Cl2N4O. The number of benzene rings is 1. The summed E-state index contributed by atoms with van der Waals surface area (Å²) in [6.07, 6.45) is 0. The number of nitrogens with zero attached hydrogens (tertiary/aromatic N) is 1. The molecule has 0 fully saturated rings. The number of aryl methyl sites for hydroxylation is 1. The van der Waals surface area contributed by atoms with Gasteiger partial charge in [0.1, 0.15) is 11.5 Å². The number of rotatable bonds is 2. The molecule has 94 valence electrons. The van der Waals surface area contributed by atoms with E-state index in [1.54, 1.807) is 12.1 Å². The standard InChI is InChI=1S/C11H10Cl2N4O/c1-5-2-3-6(12)10(9(5)13)15-11(18)7-4-8(14)17-16-7/h2-4H,1H3,(H,15,18)(H3,14,16,17). The third-order valence-electron chi connectivity index (χ3n) is 2.37. The smallest absolute Gasteiger partial charge is 0.273 e. The van der Waals surface area contributed by atoms with Crippen LogP contribution in [0.2, 0.25) is 10.0 Å². The number of nitrogens with two attached hydrogens (primary N) is 1. The van der Waals surface area contributed by atoms with Crippen LogP contribution in [0.4, 0.5) is 11.5 Å². The van der Waals surface area contributed by atoms with Crippen LogP contribution in [0.25, 0.3) is 0 Å². The Morgan fingerprint density at radius 3 is 2.78 bits per heavy atom. The van der Waals surface area contributed by atoms with Gasteiger partial charge in [-0.1, -0.05) is 29.3 Å². The fourth-order valence-corrected chi connectivity index (χ4v) is 1.87. The SMILES string of the molecule is Cc1ccc(Cl)c(NC(=O)c2cc(N)n[nH]2)c1Cl. The number of amides is 1. The van der Waals surface area contributed by atoms with E-state index in [0.717, 1.165) is 5.56 Å². The molecule has 0 spiro atoms. The summed E-state index contributed by atoms with van der Waals surface area (Å²) < 4.78 is 0. The lowest BCUT2D eigenvalue weighted by Crippen LogP contribution is -2.13. The molecule has 7 heteroatoms. The lowest BCUT2D eigenvalue weighted by Gasteiger charge is -2.10. The molecule has 0 saturated heterocycles. The summed E-state index contributed by atoms with van der Waals surface area (Å²) in [4.78, 5) is 11.9. The summed E-state index contributed by atoms with van der Waals surface area (Å²) >= 11 is 12.1. The number of hydrogen-bond acceptors (Lipinski definition) is 3. The first-order valence-corrected chi connectivity index (χ1v) is 5.81. The molecule has 0 aliphatic heterocycles. The number of carbonyl (C=O) groups excluding carboxylic acids is 1. The largest absolute Gasteiger partial charge is 0.382 e. The quantitative estimate of drug-likeness (QED) is 0.793. The Labute approximate surface area is 113 Å². The number of aromatic nitrogens is 2. The fraction of sp³-hybridized carbons (Fsp3) is 0.0909. The molecule has 4 N–H and O–H groups in total. The monoisotopic (exact) mass is 284 g/mol. The summed E-state index contributed by atoms with van der Waals surface area (Å²) in [5, 5.41) is 9.57. The minimum Gasteiger partial charge on any atom is -0.382 e. The minimum atomic E-state index is -0.409. The predicted octanol–water partition coefficient (Wildman–Crippen LogP) is 2.86. The van der Waals surface area contributed by atoms with E-state index < -0.39 is 5.91 Å². The van der Waals surface area contributed by atoms with E-state index in [0.29, 0.717) is 15.7 Å². The summed E-state index contributed by atoms with van der Waals surface area (Å²) in [6.45, 7) is 1.82. The van der Waals surface area contributed by atoms with E-state index >= 15 is 0 Å². The molecule has 1 heterocycles. The van der Waals surface area contributed by atoms with E-state index in [1.807, 2.05) is 6.92 Å². The highest BCUT2D eigenvalue weighted by Crippen LogP contribution is 2.33. The van der Waals surface area contributed by atoms with Gasteiger partial charge >= 0.3 is 0 Å². The van der Waals surface area contributed by atoms with E-state index in [4.69, 9.17) is 28.9 Å². The lowest BCUT2D eigenvalue weighted by molar-refractivity contribution is 0.102. The Hall–Kier alpha value is -1.72. The van der Waals surface area contributed by atoms with Gasteiger partial charge in [-0.05, 0) is 18.6 Å². The predicted molar refractivity (Wildman–Crippen MR) is 72.2 cm³/mol. The first-order chi connectivity index (χ1) is 8.49. The van der Waals surface area contributed by atoms with Crippen molar-refractivity contribution in [1.29, 1.82) is 0 Å². The third-order valence-corrected chi connectivity index (χ3v) is 3.17. The van der Waals surface area contributed by atoms with E-state index in [2.05, 4.69) is 15.5 Å². The average Bonchev–Trinajstić information content (AvgIpc) is 2.76. The second kappa shape index (κ2) is 4.88. The summed E-state index contributed by atoms with van der Waals surface area (Å²) in [7, 11) is 0. The van der Waals surface area contributed by atoms with Gasteiger partial charge < -0.3 is 11.1 Å². The first kappa shape index (κ1) is 12.7. The maximum absolute atomic E-state index is 11.9. The van der Waals surface area contributed by atoms with Gasteiger partial charge in [-0.15, -0.1) is 0 Å². The highest BCUT2D eigenvalue weighted by Gasteiger charge is 2.14. The normalized spacial score (nSPS) is 10.4. The van der Waals surface area contributed by atoms with Crippen LogP contribution in [-0.4, -0.2) is 16.1 Å². The van der Waals surface area contributed by atoms with Crippen molar-refractivity contribution >= 4 is 40.6 Å². The lowest BCUT2D eigenvalue weighted by atomic mass is 10.2. The number of carbonyl (C=O) groups is 1. The number of H-pyrrole nitrogens is 1. The number of halogens is 2.